The van der Waals surface area contributed by atoms with Gasteiger partial charge in [0.25, 0.3) is 0 Å². The highest BCUT2D eigenvalue weighted by atomic mass is 15.2. The minimum Gasteiger partial charge on any atom is -0.309 e. The fraction of sp³-hybridized carbons (Fsp3) is 0. The highest BCUT2D eigenvalue weighted by molar-refractivity contribution is 6.02. The molecule has 3 heterocycles. The molecular formula is C40H26N4. The average Bonchev–Trinajstić information content (AvgIpc) is 3.43. The van der Waals surface area contributed by atoms with Gasteiger partial charge in [-0.1, -0.05) is 78.9 Å². The Kier molecular flexibility index (Phi) is 5.47. The summed E-state index contributed by atoms with van der Waals surface area (Å²) in [5.41, 5.74) is 13.4. The van der Waals surface area contributed by atoms with Crippen molar-refractivity contribution < 1.29 is 0 Å². The van der Waals surface area contributed by atoms with Gasteiger partial charge in [-0.05, 0) is 83.9 Å². The van der Waals surface area contributed by atoms with Gasteiger partial charge >= 0.3 is 0 Å². The number of hydrogen-bond acceptors (Lipinski definition) is 3. The lowest BCUT2D eigenvalue weighted by Crippen LogP contribution is -2.10. The molecule has 1 aliphatic heterocycles. The van der Waals surface area contributed by atoms with Gasteiger partial charge in [-0.25, -0.2) is 4.98 Å². The molecule has 8 aromatic rings. The SMILES string of the molecule is c1ccc2c(c1)-c1ccccc1N(c1ccc(-c3nc4ccccc4n3-c3cccc4ncccc34)cc1)c1ccccc1-2. The maximum absolute atomic E-state index is 5.15. The van der Waals surface area contributed by atoms with Crippen molar-refractivity contribution in [2.24, 2.45) is 0 Å². The minimum atomic E-state index is 0.901. The van der Waals surface area contributed by atoms with Crippen LogP contribution < -0.4 is 4.90 Å². The van der Waals surface area contributed by atoms with E-state index in [9.17, 15) is 0 Å². The second-order valence-electron chi connectivity index (χ2n) is 11.1. The molecule has 0 radical (unpaired) electrons. The molecule has 206 valence electrons. The fourth-order valence-corrected chi connectivity index (χ4v) is 6.66. The fourth-order valence-electron chi connectivity index (χ4n) is 6.66. The molecule has 1 aliphatic rings. The first-order valence-corrected chi connectivity index (χ1v) is 14.9. The van der Waals surface area contributed by atoms with Crippen LogP contribution in [0.4, 0.5) is 17.1 Å². The highest BCUT2D eigenvalue weighted by Gasteiger charge is 2.25. The Morgan fingerprint density at radius 1 is 0.432 bits per heavy atom. The van der Waals surface area contributed by atoms with E-state index in [1.807, 2.05) is 18.3 Å². The number of anilines is 3. The van der Waals surface area contributed by atoms with Gasteiger partial charge in [0.15, 0.2) is 0 Å². The van der Waals surface area contributed by atoms with Crippen molar-refractivity contribution in [3.05, 3.63) is 158 Å². The van der Waals surface area contributed by atoms with Gasteiger partial charge in [0.1, 0.15) is 5.82 Å². The van der Waals surface area contributed by atoms with E-state index in [1.165, 1.54) is 22.3 Å². The van der Waals surface area contributed by atoms with E-state index in [0.717, 1.165) is 56.1 Å². The van der Waals surface area contributed by atoms with E-state index in [2.05, 4.69) is 154 Å². The summed E-state index contributed by atoms with van der Waals surface area (Å²) >= 11 is 0. The van der Waals surface area contributed by atoms with E-state index in [1.54, 1.807) is 0 Å². The first-order valence-electron chi connectivity index (χ1n) is 14.9. The molecule has 0 N–H and O–H groups in total. The van der Waals surface area contributed by atoms with Crippen LogP contribution in [0.15, 0.2) is 158 Å². The monoisotopic (exact) mass is 562 g/mol. The van der Waals surface area contributed by atoms with Gasteiger partial charge in [-0.15, -0.1) is 0 Å². The first-order chi connectivity index (χ1) is 21.8. The highest BCUT2D eigenvalue weighted by Crippen LogP contribution is 2.50. The molecule has 0 spiro atoms. The lowest BCUT2D eigenvalue weighted by atomic mass is 9.95. The molecule has 4 nitrogen and oxygen atoms in total. The number of para-hydroxylation sites is 4. The Hall–Kier alpha value is -6.00. The number of hydrogen-bond donors (Lipinski definition) is 0. The zero-order valence-corrected chi connectivity index (χ0v) is 23.8. The van der Waals surface area contributed by atoms with Gasteiger partial charge in [0.05, 0.1) is 33.6 Å². The molecule has 0 amide bonds. The molecule has 0 fully saturated rings. The standard InChI is InChI=1S/C40H26N4/c1-2-12-30-29(11-1)31-13-3-6-18-36(31)43(37-19-7-4-14-32(30)37)28-24-22-27(23-25-28)40-42-35-16-5-8-20-39(35)44(40)38-21-9-17-34-33(38)15-10-26-41-34/h1-26H. The van der Waals surface area contributed by atoms with Crippen molar-refractivity contribution in [1.29, 1.82) is 0 Å². The first kappa shape index (κ1) is 24.6. The van der Waals surface area contributed by atoms with Crippen molar-refractivity contribution in [3.8, 4) is 39.3 Å². The van der Waals surface area contributed by atoms with Crippen LogP contribution in [-0.2, 0) is 0 Å². The quantitative estimate of drug-likeness (QED) is 0.215. The molecule has 0 unspecified atom stereocenters. The van der Waals surface area contributed by atoms with Crippen LogP contribution in [0.25, 0.3) is 61.3 Å². The van der Waals surface area contributed by atoms with Gasteiger partial charge in [0, 0.05) is 34.0 Å². The predicted octanol–water partition coefficient (Wildman–Crippen LogP) is 10.4. The third-order valence-corrected chi connectivity index (χ3v) is 8.61. The van der Waals surface area contributed by atoms with E-state index in [0.29, 0.717) is 0 Å². The maximum Gasteiger partial charge on any atom is 0.145 e. The number of benzene rings is 6. The molecule has 6 aromatic carbocycles. The normalized spacial score (nSPS) is 12.0. The predicted molar refractivity (Wildman–Crippen MR) is 181 cm³/mol. The lowest BCUT2D eigenvalue weighted by Gasteiger charge is -2.27. The van der Waals surface area contributed by atoms with Crippen LogP contribution in [-0.4, -0.2) is 14.5 Å². The molecule has 0 aliphatic carbocycles. The molecule has 44 heavy (non-hydrogen) atoms. The zero-order chi connectivity index (χ0) is 29.0. The van der Waals surface area contributed by atoms with E-state index < -0.39 is 0 Å². The van der Waals surface area contributed by atoms with E-state index in [4.69, 9.17) is 4.98 Å². The Balaban J connectivity index is 1.23. The number of rotatable bonds is 3. The van der Waals surface area contributed by atoms with Crippen molar-refractivity contribution >= 4 is 39.0 Å². The molecule has 2 aromatic heterocycles. The average molecular weight is 563 g/mol. The van der Waals surface area contributed by atoms with Crippen molar-refractivity contribution in [3.63, 3.8) is 0 Å². The summed E-state index contributed by atoms with van der Waals surface area (Å²) in [6.45, 7) is 0. The Bertz CT molecular complexity index is 2280. The summed E-state index contributed by atoms with van der Waals surface area (Å²) in [5.74, 6) is 0.901. The summed E-state index contributed by atoms with van der Waals surface area (Å²) in [7, 11) is 0. The number of imidazole rings is 1. The molecule has 0 bridgehead atoms. The van der Waals surface area contributed by atoms with E-state index >= 15 is 0 Å². The molecular weight excluding hydrogens is 536 g/mol. The third kappa shape index (κ3) is 3.71. The van der Waals surface area contributed by atoms with Crippen LogP contribution in [0.3, 0.4) is 0 Å². The van der Waals surface area contributed by atoms with Crippen LogP contribution in [0.5, 0.6) is 0 Å². The van der Waals surface area contributed by atoms with Crippen molar-refractivity contribution in [1.82, 2.24) is 14.5 Å². The number of aromatic nitrogens is 3. The lowest BCUT2D eigenvalue weighted by molar-refractivity contribution is 1.11. The van der Waals surface area contributed by atoms with Crippen LogP contribution in [0.1, 0.15) is 0 Å². The van der Waals surface area contributed by atoms with Gasteiger partial charge in [-0.2, -0.15) is 0 Å². The van der Waals surface area contributed by atoms with Crippen LogP contribution >= 0.6 is 0 Å². The molecule has 9 rings (SSSR count). The Labute approximate surface area is 255 Å². The van der Waals surface area contributed by atoms with E-state index in [-0.39, 0.29) is 0 Å². The smallest absolute Gasteiger partial charge is 0.145 e. The Morgan fingerprint density at radius 2 is 1.02 bits per heavy atom. The second-order valence-corrected chi connectivity index (χ2v) is 11.1. The largest absolute Gasteiger partial charge is 0.309 e. The summed E-state index contributed by atoms with van der Waals surface area (Å²) < 4.78 is 2.27. The minimum absolute atomic E-state index is 0.901. The van der Waals surface area contributed by atoms with Crippen LogP contribution in [0, 0.1) is 0 Å². The molecule has 4 heteroatoms. The molecule has 0 atom stereocenters. The van der Waals surface area contributed by atoms with Crippen molar-refractivity contribution in [2.75, 3.05) is 4.90 Å². The summed E-state index contributed by atoms with van der Waals surface area (Å²) in [6.07, 6.45) is 1.84. The van der Waals surface area contributed by atoms with Gasteiger partial charge in [0.2, 0.25) is 0 Å². The third-order valence-electron chi connectivity index (χ3n) is 8.61. The topological polar surface area (TPSA) is 34.0 Å². The molecule has 0 saturated heterocycles. The molecule has 0 saturated carbocycles. The maximum atomic E-state index is 5.15. The zero-order valence-electron chi connectivity index (χ0n) is 23.8. The van der Waals surface area contributed by atoms with Gasteiger partial charge < -0.3 is 4.90 Å². The number of nitrogens with zero attached hydrogens (tertiary/aromatic N) is 4. The van der Waals surface area contributed by atoms with Crippen molar-refractivity contribution in [2.45, 2.75) is 0 Å². The Morgan fingerprint density at radius 3 is 1.75 bits per heavy atom. The van der Waals surface area contributed by atoms with Crippen LogP contribution in [0.2, 0.25) is 0 Å². The number of pyridine rings is 1. The summed E-state index contributed by atoms with van der Waals surface area (Å²) in [5, 5.41) is 1.09. The number of fused-ring (bicyclic) bond motifs is 7. The summed E-state index contributed by atoms with van der Waals surface area (Å²) in [4.78, 5) is 12.2. The second kappa shape index (κ2) is 9.79. The summed E-state index contributed by atoms with van der Waals surface area (Å²) in [6, 6.07) is 53.6. The van der Waals surface area contributed by atoms with Gasteiger partial charge in [-0.3, -0.25) is 9.55 Å².